The minimum atomic E-state index is -0.361. The molecule has 20 heavy (non-hydrogen) atoms. The van der Waals surface area contributed by atoms with Crippen molar-refractivity contribution in [2.24, 2.45) is 0 Å². The summed E-state index contributed by atoms with van der Waals surface area (Å²) in [4.78, 5) is 10.8. The fraction of sp³-hybridized carbons (Fsp3) is 0.200. The number of halogens is 1. The first-order chi connectivity index (χ1) is 9.47. The minimum absolute atomic E-state index is 0.101. The van der Waals surface area contributed by atoms with Gasteiger partial charge >= 0.3 is 0 Å². The van der Waals surface area contributed by atoms with E-state index < -0.39 is 0 Å². The van der Waals surface area contributed by atoms with Gasteiger partial charge in [-0.3, -0.25) is 10.1 Å². The number of anilines is 1. The molecule has 5 heteroatoms. The van der Waals surface area contributed by atoms with Gasteiger partial charge in [0.05, 0.1) is 4.92 Å². The Morgan fingerprint density at radius 2 is 2.00 bits per heavy atom. The SMILES string of the molecule is Cc1cc(C)c(NCc2cccc(Cl)c2)c([N+](=O)[O-])c1. The lowest BCUT2D eigenvalue weighted by Crippen LogP contribution is -2.05. The predicted molar refractivity (Wildman–Crippen MR) is 81.3 cm³/mol. The molecule has 0 aliphatic rings. The van der Waals surface area contributed by atoms with Crippen LogP contribution in [0, 0.1) is 24.0 Å². The van der Waals surface area contributed by atoms with E-state index in [1.807, 2.05) is 38.1 Å². The first kappa shape index (κ1) is 14.3. The van der Waals surface area contributed by atoms with Gasteiger partial charge in [0.25, 0.3) is 5.69 Å². The van der Waals surface area contributed by atoms with Crippen LogP contribution < -0.4 is 5.32 Å². The Morgan fingerprint density at radius 3 is 2.65 bits per heavy atom. The minimum Gasteiger partial charge on any atom is -0.375 e. The van der Waals surface area contributed by atoms with E-state index in [0.29, 0.717) is 17.3 Å². The summed E-state index contributed by atoms with van der Waals surface area (Å²) in [6.45, 7) is 4.20. The van der Waals surface area contributed by atoms with E-state index in [2.05, 4.69) is 5.32 Å². The molecule has 2 rings (SSSR count). The van der Waals surface area contributed by atoms with Crippen molar-refractivity contribution in [3.63, 3.8) is 0 Å². The summed E-state index contributed by atoms with van der Waals surface area (Å²) >= 11 is 5.92. The highest BCUT2D eigenvalue weighted by atomic mass is 35.5. The van der Waals surface area contributed by atoms with Crippen LogP contribution in [0.3, 0.4) is 0 Å². The summed E-state index contributed by atoms with van der Waals surface area (Å²) in [5.74, 6) is 0. The molecule has 1 N–H and O–H groups in total. The Bertz CT molecular complexity index is 656. The summed E-state index contributed by atoms with van der Waals surface area (Å²) in [6.07, 6.45) is 0. The van der Waals surface area contributed by atoms with Crippen molar-refractivity contribution in [2.75, 3.05) is 5.32 Å². The highest BCUT2D eigenvalue weighted by Gasteiger charge is 2.16. The number of nitro benzene ring substituents is 1. The quantitative estimate of drug-likeness (QED) is 0.667. The molecule has 4 nitrogen and oxygen atoms in total. The Morgan fingerprint density at radius 1 is 1.25 bits per heavy atom. The highest BCUT2D eigenvalue weighted by molar-refractivity contribution is 6.30. The maximum Gasteiger partial charge on any atom is 0.292 e. The molecule has 0 unspecified atom stereocenters. The fourth-order valence-electron chi connectivity index (χ4n) is 2.16. The smallest absolute Gasteiger partial charge is 0.292 e. The van der Waals surface area contributed by atoms with Gasteiger partial charge in [0, 0.05) is 17.6 Å². The molecule has 0 bridgehead atoms. The van der Waals surface area contributed by atoms with Gasteiger partial charge in [0.1, 0.15) is 5.69 Å². The van der Waals surface area contributed by atoms with E-state index in [1.54, 1.807) is 12.1 Å². The van der Waals surface area contributed by atoms with Crippen molar-refractivity contribution in [3.8, 4) is 0 Å². The molecule has 0 aliphatic carbocycles. The van der Waals surface area contributed by atoms with Gasteiger partial charge in [-0.05, 0) is 42.7 Å². The van der Waals surface area contributed by atoms with Crippen LogP contribution in [0.4, 0.5) is 11.4 Å². The van der Waals surface area contributed by atoms with Crippen LogP contribution >= 0.6 is 11.6 Å². The molecular weight excluding hydrogens is 276 g/mol. The van der Waals surface area contributed by atoms with Crippen LogP contribution in [0.15, 0.2) is 36.4 Å². The number of aryl methyl sites for hydroxylation is 2. The zero-order valence-corrected chi connectivity index (χ0v) is 12.1. The maximum atomic E-state index is 11.1. The number of hydrogen-bond donors (Lipinski definition) is 1. The van der Waals surface area contributed by atoms with Crippen molar-refractivity contribution in [1.82, 2.24) is 0 Å². The number of rotatable bonds is 4. The number of nitrogens with one attached hydrogen (secondary N) is 1. The molecular formula is C15H15ClN2O2. The van der Waals surface area contributed by atoms with E-state index in [-0.39, 0.29) is 10.6 Å². The molecule has 104 valence electrons. The van der Waals surface area contributed by atoms with E-state index in [9.17, 15) is 10.1 Å². The first-order valence-electron chi connectivity index (χ1n) is 6.21. The first-order valence-corrected chi connectivity index (χ1v) is 6.59. The lowest BCUT2D eigenvalue weighted by molar-refractivity contribution is -0.384. The second-order valence-electron chi connectivity index (χ2n) is 4.72. The topological polar surface area (TPSA) is 55.2 Å². The lowest BCUT2D eigenvalue weighted by Gasteiger charge is -2.11. The second-order valence-corrected chi connectivity index (χ2v) is 5.15. The molecule has 0 radical (unpaired) electrons. The van der Waals surface area contributed by atoms with Crippen LogP contribution in [-0.2, 0) is 6.54 Å². The van der Waals surface area contributed by atoms with E-state index in [1.165, 1.54) is 0 Å². The van der Waals surface area contributed by atoms with Crippen LogP contribution in [-0.4, -0.2) is 4.92 Å². The maximum absolute atomic E-state index is 11.1. The van der Waals surface area contributed by atoms with Crippen LogP contribution in [0.1, 0.15) is 16.7 Å². The molecule has 2 aromatic carbocycles. The molecule has 2 aromatic rings. The van der Waals surface area contributed by atoms with E-state index in [4.69, 9.17) is 11.6 Å². The summed E-state index contributed by atoms with van der Waals surface area (Å²) < 4.78 is 0. The highest BCUT2D eigenvalue weighted by Crippen LogP contribution is 2.30. The number of hydrogen-bond acceptors (Lipinski definition) is 3. The normalized spacial score (nSPS) is 10.3. The average molecular weight is 291 g/mol. The van der Waals surface area contributed by atoms with Crippen molar-refractivity contribution in [2.45, 2.75) is 20.4 Å². The molecule has 0 saturated carbocycles. The van der Waals surface area contributed by atoms with Crippen molar-refractivity contribution in [1.29, 1.82) is 0 Å². The van der Waals surface area contributed by atoms with Gasteiger partial charge in [0.15, 0.2) is 0 Å². The van der Waals surface area contributed by atoms with Gasteiger partial charge in [-0.1, -0.05) is 29.8 Å². The number of nitro groups is 1. The molecule has 0 saturated heterocycles. The molecule has 0 aromatic heterocycles. The third-order valence-corrected chi connectivity index (χ3v) is 3.25. The Balaban J connectivity index is 2.27. The molecule has 0 aliphatic heterocycles. The monoisotopic (exact) mass is 290 g/mol. The lowest BCUT2D eigenvalue weighted by atomic mass is 10.1. The third-order valence-electron chi connectivity index (χ3n) is 3.01. The van der Waals surface area contributed by atoms with Gasteiger partial charge in [-0.2, -0.15) is 0 Å². The predicted octanol–water partition coefficient (Wildman–Crippen LogP) is 4.48. The molecule has 0 atom stereocenters. The second kappa shape index (κ2) is 5.92. The van der Waals surface area contributed by atoms with Gasteiger partial charge in [-0.25, -0.2) is 0 Å². The van der Waals surface area contributed by atoms with Crippen molar-refractivity contribution in [3.05, 3.63) is 68.2 Å². The summed E-state index contributed by atoms with van der Waals surface area (Å²) in [7, 11) is 0. The molecule has 0 fully saturated rings. The molecule has 0 spiro atoms. The van der Waals surface area contributed by atoms with Gasteiger partial charge < -0.3 is 5.32 Å². The summed E-state index contributed by atoms with van der Waals surface area (Å²) in [5, 5.41) is 14.9. The molecule has 0 heterocycles. The van der Waals surface area contributed by atoms with Crippen molar-refractivity contribution >= 4 is 23.0 Å². The van der Waals surface area contributed by atoms with Gasteiger partial charge in [-0.15, -0.1) is 0 Å². The third kappa shape index (κ3) is 3.27. The van der Waals surface area contributed by atoms with Crippen molar-refractivity contribution < 1.29 is 4.92 Å². The standard InChI is InChI=1S/C15H15ClN2O2/c1-10-6-11(2)15(14(7-10)18(19)20)17-9-12-4-3-5-13(16)8-12/h3-8,17H,9H2,1-2H3. The number of benzene rings is 2. The Labute approximate surface area is 122 Å². The van der Waals surface area contributed by atoms with Crippen LogP contribution in [0.25, 0.3) is 0 Å². The summed E-state index contributed by atoms with van der Waals surface area (Å²) in [5.41, 5.74) is 3.37. The average Bonchev–Trinajstić information content (AvgIpc) is 2.36. The van der Waals surface area contributed by atoms with E-state index in [0.717, 1.165) is 16.7 Å². The zero-order valence-electron chi connectivity index (χ0n) is 11.3. The largest absolute Gasteiger partial charge is 0.375 e. The van der Waals surface area contributed by atoms with Gasteiger partial charge in [0.2, 0.25) is 0 Å². The zero-order chi connectivity index (χ0) is 14.7. The van der Waals surface area contributed by atoms with Crippen LogP contribution in [0.2, 0.25) is 5.02 Å². The number of nitrogens with zero attached hydrogens (tertiary/aromatic N) is 1. The fourth-order valence-corrected chi connectivity index (χ4v) is 2.37. The van der Waals surface area contributed by atoms with Crippen LogP contribution in [0.5, 0.6) is 0 Å². The van der Waals surface area contributed by atoms with E-state index >= 15 is 0 Å². The summed E-state index contributed by atoms with van der Waals surface area (Å²) in [6, 6.07) is 10.9. The Hall–Kier alpha value is -2.07. The molecule has 0 amide bonds. The Kier molecular flexibility index (Phi) is 4.25.